The van der Waals surface area contributed by atoms with E-state index in [1.807, 2.05) is 0 Å². The Morgan fingerprint density at radius 2 is 2.03 bits per heavy atom. The lowest BCUT2D eigenvalue weighted by molar-refractivity contribution is -0.137. The van der Waals surface area contributed by atoms with Crippen molar-refractivity contribution in [3.05, 3.63) is 48.0 Å². The van der Waals surface area contributed by atoms with Crippen molar-refractivity contribution in [3.63, 3.8) is 0 Å². The summed E-state index contributed by atoms with van der Waals surface area (Å²) in [6.07, 6.45) is -5.25. The molecule has 1 aliphatic rings. The quantitative estimate of drug-likeness (QED) is 0.471. The lowest BCUT2D eigenvalue weighted by Gasteiger charge is -2.27. The molecule has 0 aliphatic carbocycles. The summed E-state index contributed by atoms with van der Waals surface area (Å²) in [6.45, 7) is 0.947. The maximum Gasteiger partial charge on any atom is 0.416 e. The minimum atomic E-state index is -4.44. The number of rotatable bonds is 5. The molecule has 0 saturated carbocycles. The van der Waals surface area contributed by atoms with E-state index >= 15 is 0 Å². The van der Waals surface area contributed by atoms with Crippen molar-refractivity contribution in [2.24, 2.45) is 0 Å². The van der Waals surface area contributed by atoms with Gasteiger partial charge < -0.3 is 25.4 Å². The van der Waals surface area contributed by atoms with Gasteiger partial charge in [-0.05, 0) is 24.6 Å². The lowest BCUT2D eigenvalue weighted by Crippen LogP contribution is -2.44. The minimum absolute atomic E-state index is 0.0613. The second-order valence-electron chi connectivity index (χ2n) is 7.48. The summed E-state index contributed by atoms with van der Waals surface area (Å²) in [5.74, 6) is 0.276. The van der Waals surface area contributed by atoms with Crippen LogP contribution >= 0.6 is 0 Å². The Balaban J connectivity index is 1.60. The Kier molecular flexibility index (Phi) is 5.33. The molecule has 3 heterocycles. The van der Waals surface area contributed by atoms with Gasteiger partial charge in [0.05, 0.1) is 18.5 Å². The molecule has 0 radical (unpaired) electrons. The number of hydrogen-bond donors (Lipinski definition) is 4. The van der Waals surface area contributed by atoms with Crippen LogP contribution in [-0.4, -0.2) is 59.3 Å². The van der Waals surface area contributed by atoms with Gasteiger partial charge in [-0.25, -0.2) is 15.0 Å². The Bertz CT molecular complexity index is 1090. The molecule has 4 N–H and O–H groups in total. The average molecular weight is 439 g/mol. The first kappa shape index (κ1) is 21.4. The van der Waals surface area contributed by atoms with Crippen molar-refractivity contribution in [1.82, 2.24) is 19.5 Å². The molecule has 12 heteroatoms. The number of ether oxygens (including phenoxy) is 1. The van der Waals surface area contributed by atoms with Gasteiger partial charge in [0.15, 0.2) is 23.2 Å². The number of hydrogen-bond acceptors (Lipinski definition) is 8. The van der Waals surface area contributed by atoms with Gasteiger partial charge in [0.1, 0.15) is 24.1 Å². The summed E-state index contributed by atoms with van der Waals surface area (Å²) in [5, 5.41) is 33.2. The molecule has 4 atom stereocenters. The third-order valence-electron chi connectivity index (χ3n) is 5.26. The molecule has 4 rings (SSSR count). The van der Waals surface area contributed by atoms with Crippen LogP contribution in [0, 0.1) is 0 Å². The Hall–Kier alpha value is -2.80. The molecular formula is C19H20F3N5O4. The average Bonchev–Trinajstić information content (AvgIpc) is 3.25. The van der Waals surface area contributed by atoms with Crippen LogP contribution in [0.2, 0.25) is 0 Å². The third-order valence-corrected chi connectivity index (χ3v) is 5.26. The minimum Gasteiger partial charge on any atom is -0.394 e. The van der Waals surface area contributed by atoms with Crippen molar-refractivity contribution in [3.8, 4) is 0 Å². The highest BCUT2D eigenvalue weighted by Crippen LogP contribution is 2.39. The number of anilines is 1. The molecule has 9 nitrogen and oxygen atoms in total. The van der Waals surface area contributed by atoms with Crippen LogP contribution in [0.15, 0.2) is 36.9 Å². The topological polar surface area (TPSA) is 126 Å². The molecule has 3 aromatic rings. The van der Waals surface area contributed by atoms with E-state index < -0.39 is 42.4 Å². The summed E-state index contributed by atoms with van der Waals surface area (Å²) >= 11 is 0. The van der Waals surface area contributed by atoms with Crippen LogP contribution in [0.3, 0.4) is 0 Å². The Morgan fingerprint density at radius 3 is 2.71 bits per heavy atom. The van der Waals surface area contributed by atoms with Gasteiger partial charge >= 0.3 is 6.18 Å². The molecule has 0 amide bonds. The van der Waals surface area contributed by atoms with Crippen molar-refractivity contribution in [2.45, 2.75) is 43.7 Å². The zero-order valence-corrected chi connectivity index (χ0v) is 16.3. The highest BCUT2D eigenvalue weighted by Gasteiger charge is 2.53. The normalized spacial score (nSPS) is 26.5. The monoisotopic (exact) mass is 439 g/mol. The van der Waals surface area contributed by atoms with Crippen LogP contribution in [0.5, 0.6) is 0 Å². The first-order chi connectivity index (χ1) is 14.6. The van der Waals surface area contributed by atoms with Gasteiger partial charge in [-0.3, -0.25) is 4.57 Å². The number of alkyl halides is 3. The number of nitrogens with zero attached hydrogens (tertiary/aromatic N) is 4. The summed E-state index contributed by atoms with van der Waals surface area (Å²) in [6, 6.07) is 4.92. The van der Waals surface area contributed by atoms with Crippen LogP contribution in [-0.2, 0) is 17.5 Å². The molecule has 1 unspecified atom stereocenters. The van der Waals surface area contributed by atoms with Gasteiger partial charge in [0, 0.05) is 6.54 Å². The fourth-order valence-electron chi connectivity index (χ4n) is 3.59. The van der Waals surface area contributed by atoms with E-state index in [0.717, 1.165) is 12.1 Å². The SMILES string of the molecule is C[C@]1(O)C(O)[C@@H](CO)O[C@H]1n1cnc2c(NCc3cccc(C(F)(F)F)c3)ncnc21. The number of halogens is 3. The molecule has 2 aromatic heterocycles. The number of fused-ring (bicyclic) bond motifs is 1. The van der Waals surface area contributed by atoms with Crippen molar-refractivity contribution in [2.75, 3.05) is 11.9 Å². The maximum atomic E-state index is 12.9. The largest absolute Gasteiger partial charge is 0.416 e. The molecule has 166 valence electrons. The first-order valence-electron chi connectivity index (χ1n) is 9.37. The van der Waals surface area contributed by atoms with Gasteiger partial charge in [-0.15, -0.1) is 0 Å². The van der Waals surface area contributed by atoms with E-state index in [-0.39, 0.29) is 18.0 Å². The predicted octanol–water partition coefficient (Wildman–Crippen LogP) is 1.46. The summed E-state index contributed by atoms with van der Waals surface area (Å²) < 4.78 is 45.7. The molecule has 1 aliphatic heterocycles. The van der Waals surface area contributed by atoms with E-state index in [4.69, 9.17) is 4.74 Å². The van der Waals surface area contributed by atoms with Crippen LogP contribution in [0.4, 0.5) is 19.0 Å². The van der Waals surface area contributed by atoms with E-state index in [0.29, 0.717) is 11.1 Å². The second-order valence-corrected chi connectivity index (χ2v) is 7.48. The van der Waals surface area contributed by atoms with Gasteiger partial charge in [-0.1, -0.05) is 12.1 Å². The van der Waals surface area contributed by atoms with E-state index in [1.165, 1.54) is 30.2 Å². The fourth-order valence-corrected chi connectivity index (χ4v) is 3.59. The Labute approximate surface area is 174 Å². The fraction of sp³-hybridized carbons (Fsp3) is 0.421. The summed E-state index contributed by atoms with van der Waals surface area (Å²) in [5.41, 5.74) is -1.50. The van der Waals surface area contributed by atoms with E-state index in [1.54, 1.807) is 6.07 Å². The number of imidazole rings is 1. The van der Waals surface area contributed by atoms with Crippen molar-refractivity contribution >= 4 is 17.0 Å². The van der Waals surface area contributed by atoms with Crippen LogP contribution < -0.4 is 5.32 Å². The van der Waals surface area contributed by atoms with Gasteiger partial charge in [-0.2, -0.15) is 13.2 Å². The molecular weight excluding hydrogens is 419 g/mol. The number of nitrogens with one attached hydrogen (secondary N) is 1. The highest BCUT2D eigenvalue weighted by molar-refractivity contribution is 5.82. The van der Waals surface area contributed by atoms with Gasteiger partial charge in [0.25, 0.3) is 0 Å². The number of benzene rings is 1. The van der Waals surface area contributed by atoms with Crippen LogP contribution in [0.25, 0.3) is 11.2 Å². The smallest absolute Gasteiger partial charge is 0.394 e. The standard InChI is InChI=1S/C19H20F3N5O4/c1-18(30)14(29)12(7-28)31-17(18)27-9-26-13-15(24-8-25-16(13)27)23-6-10-3-2-4-11(5-10)19(20,21)22/h2-5,8-9,12,14,17,28-30H,6-7H2,1H3,(H,23,24,25)/t12-,14?,17-,18+/m1/s1. The zero-order valence-electron chi connectivity index (χ0n) is 16.3. The molecule has 1 aromatic carbocycles. The van der Waals surface area contributed by atoms with E-state index in [2.05, 4.69) is 20.3 Å². The zero-order chi connectivity index (χ0) is 22.4. The predicted molar refractivity (Wildman–Crippen MR) is 102 cm³/mol. The number of aliphatic hydroxyl groups is 3. The molecule has 1 fully saturated rings. The van der Waals surface area contributed by atoms with Crippen molar-refractivity contribution in [1.29, 1.82) is 0 Å². The summed E-state index contributed by atoms with van der Waals surface area (Å²) in [7, 11) is 0. The van der Waals surface area contributed by atoms with Gasteiger partial charge in [0.2, 0.25) is 0 Å². The summed E-state index contributed by atoms with van der Waals surface area (Å²) in [4.78, 5) is 12.5. The van der Waals surface area contributed by atoms with Crippen LogP contribution in [0.1, 0.15) is 24.3 Å². The molecule has 0 bridgehead atoms. The second kappa shape index (κ2) is 7.71. The van der Waals surface area contributed by atoms with Crippen molar-refractivity contribution < 1.29 is 33.2 Å². The molecule has 31 heavy (non-hydrogen) atoms. The highest BCUT2D eigenvalue weighted by atomic mass is 19.4. The first-order valence-corrected chi connectivity index (χ1v) is 9.37. The van der Waals surface area contributed by atoms with E-state index in [9.17, 15) is 28.5 Å². The lowest BCUT2D eigenvalue weighted by atomic mass is 9.96. The molecule has 0 spiro atoms. The third kappa shape index (κ3) is 3.82. The molecule has 1 saturated heterocycles. The number of aliphatic hydroxyl groups excluding tert-OH is 2. The maximum absolute atomic E-state index is 12.9. The Morgan fingerprint density at radius 1 is 1.26 bits per heavy atom. The number of aromatic nitrogens is 4.